The second kappa shape index (κ2) is 16.8. The number of carbonyl (C=O) groups excluding carboxylic acids is 2. The monoisotopic (exact) mass is 575 g/mol. The maximum atomic E-state index is 14.2. The zero-order chi connectivity index (χ0) is 30.6. The summed E-state index contributed by atoms with van der Waals surface area (Å²) >= 11 is 0. The van der Waals surface area contributed by atoms with Crippen molar-refractivity contribution in [1.82, 2.24) is 10.2 Å². The van der Waals surface area contributed by atoms with Gasteiger partial charge in [0.2, 0.25) is 11.8 Å². The summed E-state index contributed by atoms with van der Waals surface area (Å²) in [6.07, 6.45) is 8.37. The summed E-state index contributed by atoms with van der Waals surface area (Å²) < 4.78 is 28.4. The Balaban J connectivity index is 2.47. The summed E-state index contributed by atoms with van der Waals surface area (Å²) in [7, 11) is 0. The van der Waals surface area contributed by atoms with Gasteiger partial charge in [0.25, 0.3) is 0 Å². The maximum Gasteiger partial charge on any atom is 0.249 e. The number of rotatable bonds is 18. The van der Waals surface area contributed by atoms with Gasteiger partial charge in [0, 0.05) is 37.2 Å². The van der Waals surface area contributed by atoms with Crippen LogP contribution in [0.4, 0.5) is 8.78 Å². The lowest BCUT2D eigenvalue weighted by Gasteiger charge is -2.42. The second-order valence-corrected chi connectivity index (χ2v) is 11.7. The molecule has 0 spiro atoms. The van der Waals surface area contributed by atoms with E-state index in [0.29, 0.717) is 42.3 Å². The molecular formula is C33H51F2N3O3. The van der Waals surface area contributed by atoms with Crippen molar-refractivity contribution >= 4 is 11.8 Å². The van der Waals surface area contributed by atoms with E-state index in [9.17, 15) is 23.5 Å². The van der Waals surface area contributed by atoms with Crippen LogP contribution in [0.3, 0.4) is 0 Å². The molecule has 0 radical (unpaired) electrons. The largest absolute Gasteiger partial charge is 0.391 e. The fraction of sp³-hybridized carbons (Fsp3) is 0.636. The van der Waals surface area contributed by atoms with Crippen LogP contribution in [0, 0.1) is 28.9 Å². The van der Waals surface area contributed by atoms with Gasteiger partial charge in [-0.05, 0) is 69.2 Å². The first-order valence-corrected chi connectivity index (χ1v) is 15.3. The number of primary amides is 1. The zero-order valence-electron chi connectivity index (χ0n) is 25.6. The molecule has 4 atom stereocenters. The zero-order valence-corrected chi connectivity index (χ0v) is 25.6. The van der Waals surface area contributed by atoms with E-state index in [4.69, 9.17) is 5.73 Å². The Morgan fingerprint density at radius 2 is 1.68 bits per heavy atom. The predicted molar refractivity (Wildman–Crippen MR) is 161 cm³/mol. The van der Waals surface area contributed by atoms with Crippen molar-refractivity contribution in [3.8, 4) is 0 Å². The van der Waals surface area contributed by atoms with Crippen molar-refractivity contribution in [3.05, 3.63) is 58.7 Å². The molecule has 0 aromatic heterocycles. The molecule has 1 aliphatic rings. The lowest BCUT2D eigenvalue weighted by molar-refractivity contribution is -0.132. The highest BCUT2D eigenvalue weighted by Gasteiger charge is 2.48. The third-order valence-corrected chi connectivity index (χ3v) is 8.21. The van der Waals surface area contributed by atoms with Gasteiger partial charge in [-0.25, -0.2) is 8.78 Å². The maximum absolute atomic E-state index is 14.2. The summed E-state index contributed by atoms with van der Waals surface area (Å²) in [6, 6.07) is 3.23. The highest BCUT2D eigenvalue weighted by Crippen LogP contribution is 2.44. The van der Waals surface area contributed by atoms with E-state index in [1.165, 1.54) is 12.1 Å². The predicted octanol–water partition coefficient (Wildman–Crippen LogP) is 5.69. The van der Waals surface area contributed by atoms with Crippen LogP contribution in [0.25, 0.3) is 0 Å². The van der Waals surface area contributed by atoms with Gasteiger partial charge in [-0.3, -0.25) is 9.59 Å². The molecule has 1 aromatic rings. The Morgan fingerprint density at radius 1 is 1.05 bits per heavy atom. The molecule has 4 N–H and O–H groups in total. The molecule has 1 aromatic carbocycles. The van der Waals surface area contributed by atoms with Crippen LogP contribution in [0.15, 0.2) is 41.5 Å². The topological polar surface area (TPSA) is 95.7 Å². The van der Waals surface area contributed by atoms with Crippen molar-refractivity contribution in [2.24, 2.45) is 23.0 Å². The number of carbonyl (C=O) groups is 2. The van der Waals surface area contributed by atoms with Gasteiger partial charge < -0.3 is 21.1 Å². The number of hydrogen-bond acceptors (Lipinski definition) is 4. The third-order valence-electron chi connectivity index (χ3n) is 8.21. The minimum Gasteiger partial charge on any atom is -0.391 e. The quantitative estimate of drug-likeness (QED) is 0.210. The molecule has 6 nitrogen and oxygen atoms in total. The molecule has 1 aliphatic carbocycles. The van der Waals surface area contributed by atoms with E-state index in [2.05, 4.69) is 19.2 Å². The third kappa shape index (κ3) is 9.74. The van der Waals surface area contributed by atoms with Crippen molar-refractivity contribution in [1.29, 1.82) is 0 Å². The normalized spacial score (nSPS) is 19.2. The number of aliphatic hydroxyl groups is 1. The molecule has 0 bridgehead atoms. The molecule has 0 heterocycles. The lowest BCUT2D eigenvalue weighted by Crippen LogP contribution is -2.52. The van der Waals surface area contributed by atoms with Crippen molar-refractivity contribution in [2.75, 3.05) is 26.2 Å². The van der Waals surface area contributed by atoms with Gasteiger partial charge in [0.05, 0.1) is 11.5 Å². The Morgan fingerprint density at radius 3 is 2.22 bits per heavy atom. The van der Waals surface area contributed by atoms with E-state index in [1.807, 2.05) is 13.8 Å². The first-order valence-electron chi connectivity index (χ1n) is 15.3. The number of nitrogens with one attached hydrogen (secondary N) is 1. The van der Waals surface area contributed by atoms with Crippen molar-refractivity contribution < 1.29 is 23.5 Å². The summed E-state index contributed by atoms with van der Waals surface area (Å²) in [5, 5.41) is 15.0. The minimum absolute atomic E-state index is 0.00634. The highest BCUT2D eigenvalue weighted by molar-refractivity contribution is 5.96. The van der Waals surface area contributed by atoms with Crippen LogP contribution in [-0.4, -0.2) is 54.1 Å². The van der Waals surface area contributed by atoms with Crippen molar-refractivity contribution in [3.63, 3.8) is 0 Å². The molecule has 2 unspecified atom stereocenters. The van der Waals surface area contributed by atoms with Crippen LogP contribution in [0.2, 0.25) is 0 Å². The number of unbranched alkanes of at least 4 members (excludes halogenated alkanes) is 1. The van der Waals surface area contributed by atoms with E-state index < -0.39 is 35.0 Å². The molecule has 41 heavy (non-hydrogen) atoms. The lowest BCUT2D eigenvalue weighted by atomic mass is 9.63. The van der Waals surface area contributed by atoms with Gasteiger partial charge in [-0.15, -0.1) is 0 Å². The summed E-state index contributed by atoms with van der Waals surface area (Å²) in [5.74, 6) is -2.68. The number of nitrogens with zero attached hydrogens (tertiary/aromatic N) is 1. The van der Waals surface area contributed by atoms with Crippen molar-refractivity contribution in [2.45, 2.75) is 92.1 Å². The first-order chi connectivity index (χ1) is 19.5. The van der Waals surface area contributed by atoms with Gasteiger partial charge in [0.1, 0.15) is 11.6 Å². The van der Waals surface area contributed by atoms with Crippen LogP contribution in [0.5, 0.6) is 0 Å². The molecule has 2 amide bonds. The van der Waals surface area contributed by atoms with E-state index >= 15 is 0 Å². The van der Waals surface area contributed by atoms with Gasteiger partial charge >= 0.3 is 0 Å². The smallest absolute Gasteiger partial charge is 0.249 e. The average molecular weight is 576 g/mol. The number of hydrogen-bond donors (Lipinski definition) is 3. The molecule has 0 saturated heterocycles. The molecule has 0 aliphatic heterocycles. The van der Waals surface area contributed by atoms with Gasteiger partial charge in [0.15, 0.2) is 0 Å². The SMILES string of the molecule is CCCCC(CC)CNC[C@H](O)[C@@H](Cc1cc(F)cc(F)c1)C1(C(N)=O)C=C(C)C=C(C(=O)N(CCC)CCC)C1. The average Bonchev–Trinajstić information content (AvgIpc) is 2.91. The Bertz CT molecular complexity index is 1050. The Hall–Kier alpha value is -2.58. The Kier molecular flexibility index (Phi) is 14.2. The molecule has 2 rings (SSSR count). The summed E-state index contributed by atoms with van der Waals surface area (Å²) in [5.41, 5.74) is 6.14. The van der Waals surface area contributed by atoms with Gasteiger partial charge in [-0.1, -0.05) is 64.7 Å². The van der Waals surface area contributed by atoms with E-state index in [-0.39, 0.29) is 25.3 Å². The number of halogens is 2. The summed E-state index contributed by atoms with van der Waals surface area (Å²) in [6.45, 7) is 12.2. The minimum atomic E-state index is -1.43. The second-order valence-electron chi connectivity index (χ2n) is 11.7. The van der Waals surface area contributed by atoms with Crippen LogP contribution < -0.4 is 11.1 Å². The van der Waals surface area contributed by atoms with Crippen LogP contribution in [0.1, 0.15) is 85.1 Å². The standard InChI is InChI=1S/C33H51F2N3O3/c1-6-10-11-24(9-4)21-37-22-30(39)29(17-25-15-27(34)18-28(35)16-25)33(32(36)41)19-23(5)14-26(20-33)31(40)38(12-7-2)13-8-3/h14-16,18-19,24,29-30,37,39H,6-13,17,20-22H2,1-5H3,(H2,36,41)/t24?,29-,30+,33?/m1/s1. The summed E-state index contributed by atoms with van der Waals surface area (Å²) in [4.78, 5) is 28.8. The van der Waals surface area contributed by atoms with E-state index in [0.717, 1.165) is 44.6 Å². The number of nitrogens with two attached hydrogens (primary N) is 1. The Labute approximate surface area is 245 Å². The number of allylic oxidation sites excluding steroid dienone is 2. The van der Waals surface area contributed by atoms with E-state index in [1.54, 1.807) is 24.0 Å². The first kappa shape index (κ1) is 34.6. The number of benzene rings is 1. The van der Waals surface area contributed by atoms with Crippen LogP contribution in [-0.2, 0) is 16.0 Å². The number of aliphatic hydroxyl groups excluding tert-OH is 1. The molecule has 230 valence electrons. The fourth-order valence-electron chi connectivity index (χ4n) is 6.08. The molecule has 0 fully saturated rings. The van der Waals surface area contributed by atoms with Gasteiger partial charge in [-0.2, -0.15) is 0 Å². The number of amides is 2. The molecule has 0 saturated carbocycles. The highest BCUT2D eigenvalue weighted by atomic mass is 19.1. The molecular weight excluding hydrogens is 524 g/mol. The fourth-order valence-corrected chi connectivity index (χ4v) is 6.08. The molecule has 8 heteroatoms. The van der Waals surface area contributed by atoms with Crippen LogP contribution >= 0.6 is 0 Å².